The van der Waals surface area contributed by atoms with Crippen LogP contribution in [0.5, 0.6) is 11.5 Å². The maximum Gasteiger partial charge on any atom is 0.127 e. The van der Waals surface area contributed by atoms with Crippen molar-refractivity contribution in [3.63, 3.8) is 0 Å². The van der Waals surface area contributed by atoms with Gasteiger partial charge in [-0.05, 0) is 120 Å². The Bertz CT molecular complexity index is 1680. The Morgan fingerprint density at radius 2 is 0.918 bits per heavy atom. The first-order chi connectivity index (χ1) is 23.1. The van der Waals surface area contributed by atoms with E-state index in [9.17, 15) is 10.2 Å². The zero-order chi connectivity index (χ0) is 36.2. The fourth-order valence-electron chi connectivity index (χ4n) is 7.25. The summed E-state index contributed by atoms with van der Waals surface area (Å²) >= 11 is 0. The molecule has 0 aliphatic heterocycles. The molecule has 0 radical (unpaired) electrons. The highest BCUT2D eigenvalue weighted by Gasteiger charge is 2.23. The van der Waals surface area contributed by atoms with Crippen molar-refractivity contribution >= 4 is 0 Å². The Hall–Kier alpha value is -3.60. The normalized spacial score (nSPS) is 12.1. The first kappa shape index (κ1) is 38.2. The van der Waals surface area contributed by atoms with Gasteiger partial charge < -0.3 is 15.1 Å². The molecular weight excluding hydrogens is 601 g/mol. The van der Waals surface area contributed by atoms with Crippen molar-refractivity contribution in [1.82, 2.24) is 9.80 Å². The zero-order valence-electron chi connectivity index (χ0n) is 32.4. The topological polar surface area (TPSA) is 46.9 Å². The lowest BCUT2D eigenvalue weighted by atomic mass is 9.83. The summed E-state index contributed by atoms with van der Waals surface area (Å²) in [6.45, 7) is 25.3. The van der Waals surface area contributed by atoms with Crippen LogP contribution in [-0.4, -0.2) is 53.7 Å². The number of phenols is 2. The zero-order valence-corrected chi connectivity index (χ0v) is 32.4. The highest BCUT2D eigenvalue weighted by molar-refractivity contribution is 5.80. The summed E-state index contributed by atoms with van der Waals surface area (Å²) in [6, 6.07) is 21.8. The second-order valence-electron chi connectivity index (χ2n) is 15.7. The summed E-state index contributed by atoms with van der Waals surface area (Å²) in [5, 5.41) is 23.9. The molecule has 4 heteroatoms. The summed E-state index contributed by atoms with van der Waals surface area (Å²) in [6.07, 6.45) is 0.710. The van der Waals surface area contributed by atoms with Crippen LogP contribution in [0.25, 0.3) is 22.3 Å². The minimum atomic E-state index is 0.338. The molecule has 0 unspecified atom stereocenters. The first-order valence-electron chi connectivity index (χ1n) is 18.4. The molecule has 0 bridgehead atoms. The number of phenolic OH excluding ortho intramolecular Hbond substituents is 2. The highest BCUT2D eigenvalue weighted by atomic mass is 16.3. The van der Waals surface area contributed by atoms with Gasteiger partial charge in [0.1, 0.15) is 11.5 Å². The summed E-state index contributed by atoms with van der Waals surface area (Å²) in [7, 11) is 4.21. The molecule has 0 atom stereocenters. The molecule has 0 aromatic heterocycles. The lowest BCUT2D eigenvalue weighted by Crippen LogP contribution is -2.33. The molecule has 4 aromatic rings. The first-order valence-corrected chi connectivity index (χ1v) is 18.4. The predicted octanol–water partition coefficient (Wildman–Crippen LogP) is 11.1. The van der Waals surface area contributed by atoms with E-state index in [1.165, 1.54) is 33.4 Å². The van der Waals surface area contributed by atoms with Crippen LogP contribution in [-0.2, 0) is 13.0 Å². The van der Waals surface area contributed by atoms with Crippen molar-refractivity contribution < 1.29 is 10.2 Å². The molecule has 2 N–H and O–H groups in total. The van der Waals surface area contributed by atoms with E-state index < -0.39 is 0 Å². The number of benzene rings is 4. The number of rotatable bonds is 14. The quantitative estimate of drug-likeness (QED) is 0.141. The average Bonchev–Trinajstić information content (AvgIpc) is 3.03. The summed E-state index contributed by atoms with van der Waals surface area (Å²) in [5.74, 6) is 2.13. The monoisotopic (exact) mass is 662 g/mol. The van der Waals surface area contributed by atoms with Gasteiger partial charge in [0.15, 0.2) is 0 Å². The van der Waals surface area contributed by atoms with Gasteiger partial charge in [0.05, 0.1) is 0 Å². The number of likely N-dealkylation sites (N-methyl/N-ethyl adjacent to an activating group) is 1. The number of nitrogens with zero attached hydrogens (tertiary/aromatic N) is 2. The summed E-state index contributed by atoms with van der Waals surface area (Å²) in [5.41, 5.74) is 13.5. The number of aromatic hydroxyl groups is 2. The Morgan fingerprint density at radius 1 is 0.531 bits per heavy atom. The molecule has 4 rings (SSSR count). The lowest BCUT2D eigenvalue weighted by molar-refractivity contribution is 0.233. The Balaban J connectivity index is 1.74. The van der Waals surface area contributed by atoms with E-state index in [2.05, 4.69) is 154 Å². The molecular formula is C45H62N2O2. The van der Waals surface area contributed by atoms with Gasteiger partial charge in [0, 0.05) is 42.9 Å². The van der Waals surface area contributed by atoms with Crippen molar-refractivity contribution in [1.29, 1.82) is 0 Å². The van der Waals surface area contributed by atoms with Gasteiger partial charge in [-0.25, -0.2) is 0 Å². The second kappa shape index (κ2) is 16.4. The Labute approximate surface area is 297 Å². The second-order valence-corrected chi connectivity index (χ2v) is 15.7. The van der Waals surface area contributed by atoms with Crippen LogP contribution < -0.4 is 0 Å². The van der Waals surface area contributed by atoms with Gasteiger partial charge in [-0.1, -0.05) is 104 Å². The van der Waals surface area contributed by atoms with Crippen LogP contribution in [0.15, 0.2) is 60.7 Å². The fourth-order valence-corrected chi connectivity index (χ4v) is 7.25. The fraction of sp³-hybridized carbons (Fsp3) is 0.467. The van der Waals surface area contributed by atoms with Crippen LogP contribution in [0.4, 0.5) is 0 Å². The van der Waals surface area contributed by atoms with E-state index in [1.54, 1.807) is 0 Å². The van der Waals surface area contributed by atoms with Crippen LogP contribution in [0.3, 0.4) is 0 Å². The Morgan fingerprint density at radius 3 is 1.31 bits per heavy atom. The summed E-state index contributed by atoms with van der Waals surface area (Å²) < 4.78 is 0. The molecule has 0 heterocycles. The average molecular weight is 663 g/mol. The third kappa shape index (κ3) is 8.96. The lowest BCUT2D eigenvalue weighted by Gasteiger charge is -2.27. The largest absolute Gasteiger partial charge is 0.507 e. The van der Waals surface area contributed by atoms with Crippen molar-refractivity contribution in [2.24, 2.45) is 0 Å². The third-order valence-electron chi connectivity index (χ3n) is 9.91. The van der Waals surface area contributed by atoms with Gasteiger partial charge >= 0.3 is 0 Å². The van der Waals surface area contributed by atoms with Crippen molar-refractivity contribution in [2.45, 2.75) is 106 Å². The van der Waals surface area contributed by atoms with Crippen LogP contribution in [0, 0.1) is 13.8 Å². The predicted molar refractivity (Wildman–Crippen MR) is 210 cm³/mol. The van der Waals surface area contributed by atoms with E-state index in [4.69, 9.17) is 0 Å². The molecule has 0 aliphatic rings. The van der Waals surface area contributed by atoms with E-state index in [-0.39, 0.29) is 0 Å². The maximum absolute atomic E-state index is 12.0. The van der Waals surface area contributed by atoms with Gasteiger partial charge in [-0.3, -0.25) is 4.90 Å². The molecule has 4 aromatic carbocycles. The number of hydrogen-bond donors (Lipinski definition) is 2. The van der Waals surface area contributed by atoms with Crippen molar-refractivity contribution in [3.05, 3.63) is 105 Å². The van der Waals surface area contributed by atoms with Gasteiger partial charge in [-0.15, -0.1) is 0 Å². The molecule has 0 saturated carbocycles. The molecule has 0 spiro atoms. The van der Waals surface area contributed by atoms with Crippen molar-refractivity contribution in [3.8, 4) is 33.8 Å². The van der Waals surface area contributed by atoms with Gasteiger partial charge in [0.25, 0.3) is 0 Å². The molecule has 0 saturated heterocycles. The van der Waals surface area contributed by atoms with Crippen LogP contribution in [0.1, 0.15) is 124 Å². The smallest absolute Gasteiger partial charge is 0.127 e. The highest BCUT2D eigenvalue weighted by Crippen LogP contribution is 2.44. The molecule has 4 nitrogen and oxygen atoms in total. The maximum atomic E-state index is 12.0. The minimum absolute atomic E-state index is 0.338. The molecule has 0 aliphatic carbocycles. The van der Waals surface area contributed by atoms with E-state index >= 15 is 0 Å². The molecule has 49 heavy (non-hydrogen) atoms. The minimum Gasteiger partial charge on any atom is -0.507 e. The van der Waals surface area contributed by atoms with Gasteiger partial charge in [-0.2, -0.15) is 0 Å². The van der Waals surface area contributed by atoms with Gasteiger partial charge in [0.2, 0.25) is 0 Å². The molecule has 0 fully saturated rings. The number of hydrogen-bond acceptors (Lipinski definition) is 4. The molecule has 0 amide bonds. The number of aryl methyl sites for hydroxylation is 2. The standard InChI is InChI=1S/C45H62N2O2/c1-28(2)36-15-13-16-37(29(3)4)42(36)40-25-32(9)23-34(44(40)48)19-20-47(22-21-46(11)12)27-35-24-33(10)26-41(45(35)49)43-38(30(5)6)17-14-18-39(43)31(7)8/h13-18,23-26,28-31,48-49H,19-22,27H2,1-12H3. The Kier molecular flexibility index (Phi) is 12.8. The SMILES string of the molecule is Cc1cc(CCN(CCN(C)C)Cc2cc(C)cc(-c3c(C(C)C)cccc3C(C)C)c2O)c(O)c(-c2c(C(C)C)cccc2C(C)C)c1. The molecule has 264 valence electrons. The van der Waals surface area contributed by atoms with Crippen LogP contribution >= 0.6 is 0 Å². The van der Waals surface area contributed by atoms with E-state index in [1.807, 2.05) is 0 Å². The van der Waals surface area contributed by atoms with E-state index in [0.717, 1.165) is 53.0 Å². The van der Waals surface area contributed by atoms with Crippen molar-refractivity contribution in [2.75, 3.05) is 33.7 Å². The summed E-state index contributed by atoms with van der Waals surface area (Å²) in [4.78, 5) is 4.64. The van der Waals surface area contributed by atoms with E-state index in [0.29, 0.717) is 48.1 Å². The van der Waals surface area contributed by atoms with Crippen LogP contribution in [0.2, 0.25) is 0 Å². The third-order valence-corrected chi connectivity index (χ3v) is 9.91.